The molecule has 0 radical (unpaired) electrons. The molecule has 13 rings (SSSR count). The number of rotatable bonds is 2. The van der Waals surface area contributed by atoms with Gasteiger partial charge in [0.15, 0.2) is 34.7 Å². The summed E-state index contributed by atoms with van der Waals surface area (Å²) >= 11 is 0. The summed E-state index contributed by atoms with van der Waals surface area (Å²) in [5.41, 5.74) is 20.5. The molecular formula is C83H74N4O10. The standard InChI is InChI=1S/C22H16O2.C19H20O.C16H10N2O4.C16H16O2.C10H12N2O/c1-13-11-19(15-7-3-5-9-17(15)21(13)23)20-12-14(2)22(24)18-10-6-4-8-16(18)20;1-12-8-17(9-13(2)16(12)5)6-7-18-10-14(3)19(20)15(4)11-18;1-17-13(19)7-3-5-9-12-10(16(22)18(2)15(9)21)6-4-8(11(7)12)14(17)20;1-9-5-13(6-10(2)15(9)17)14-7-11(3)16(18)12(4)8-14;1-7-4-9(6-12-11-3)5-8(2)10(7)13/h3-12H,1-2H3;6-11H,5H2,1-4H3;3-6H,1-2H3;5-8H,1-4H3;4-6H,1-3H3/b20-19+;;;;. The van der Waals surface area contributed by atoms with Gasteiger partial charge in [-0.15, -0.1) is 0 Å². The van der Waals surface area contributed by atoms with Gasteiger partial charge in [-0.05, 0) is 290 Å². The Morgan fingerprint density at radius 1 is 0.340 bits per heavy atom. The summed E-state index contributed by atoms with van der Waals surface area (Å²) in [5.74, 6) is -1.17. The monoisotopic (exact) mass is 1290 g/mol. The quantitative estimate of drug-likeness (QED) is 0.121. The second kappa shape index (κ2) is 28.5. The van der Waals surface area contributed by atoms with Crippen molar-refractivity contribution in [1.82, 2.24) is 9.80 Å². The fraction of sp³-hybridized carbons (Fsp3) is 0.181. The molecule has 2 heterocycles. The largest absolute Gasteiger partial charge is 0.289 e. The van der Waals surface area contributed by atoms with E-state index < -0.39 is 23.6 Å². The number of Topliss-reactive ketones (excluding diaryl/α,β-unsaturated/α-hetero) is 6. The van der Waals surface area contributed by atoms with Gasteiger partial charge in [0.1, 0.15) is 0 Å². The third-order valence-corrected chi connectivity index (χ3v) is 17.7. The molecule has 0 aromatic heterocycles. The maximum absolute atomic E-state index is 12.4. The average Bonchev–Trinajstić information content (AvgIpc) is 0.690. The first-order valence-corrected chi connectivity index (χ1v) is 31.4. The first kappa shape index (κ1) is 69.7. The normalized spacial score (nSPS) is 17.8. The summed E-state index contributed by atoms with van der Waals surface area (Å²) < 4.78 is 0. The minimum atomic E-state index is -0.431. The highest BCUT2D eigenvalue weighted by Gasteiger charge is 2.38. The predicted molar refractivity (Wildman–Crippen MR) is 382 cm³/mol. The molecule has 14 nitrogen and oxygen atoms in total. The Balaban J connectivity index is 0.000000144. The van der Waals surface area contributed by atoms with Crippen molar-refractivity contribution >= 4 is 92.9 Å². The molecule has 0 spiro atoms. The zero-order valence-electron chi connectivity index (χ0n) is 57.2. The zero-order valence-corrected chi connectivity index (χ0v) is 57.2. The molecule has 5 aromatic rings. The number of allylic oxidation sites excluding steroid dienone is 27. The van der Waals surface area contributed by atoms with Crippen LogP contribution in [0, 0.1) is 13.8 Å². The van der Waals surface area contributed by atoms with E-state index in [1.165, 1.54) is 49.5 Å². The van der Waals surface area contributed by atoms with Gasteiger partial charge in [0.25, 0.3) is 23.6 Å². The Bertz CT molecular complexity index is 4710. The first-order valence-electron chi connectivity index (χ1n) is 31.4. The Morgan fingerprint density at radius 2 is 0.629 bits per heavy atom. The van der Waals surface area contributed by atoms with Gasteiger partial charge in [0.05, 0.1) is 6.20 Å². The SMILES string of the molecule is C=c1c(C)cc(=CC=C2C=C(C)C(=O)C(C)=C2)cc1C.CC1=C/C(=C2/C=C(C)C(=O)c3ccccc32)c2ccccc2C1=O.CC1=CC(=C2C=C(C)C(=O)C(C)=C2)C=C(C)C1=O.CN1C(=O)c2ccc3c4c(ccc(c24)C1=O)C(=O)N(C)C3=O.CN=NC=C1C=C(C)C(=O)C(C)=C1. The molecule has 0 N–H and O–H groups in total. The van der Waals surface area contributed by atoms with E-state index in [0.717, 1.165) is 132 Å². The molecule has 0 unspecified atom stereocenters. The van der Waals surface area contributed by atoms with Crippen LogP contribution in [0.1, 0.15) is 154 Å². The molecule has 14 heteroatoms. The third kappa shape index (κ3) is 14.1. The molecule has 0 atom stereocenters. The van der Waals surface area contributed by atoms with Crippen molar-refractivity contribution in [2.75, 3.05) is 21.1 Å². The van der Waals surface area contributed by atoms with E-state index in [1.807, 2.05) is 165 Å². The lowest BCUT2D eigenvalue weighted by Crippen LogP contribution is -2.40. The van der Waals surface area contributed by atoms with Crippen LogP contribution < -0.4 is 10.4 Å². The van der Waals surface area contributed by atoms with Gasteiger partial charge in [-0.1, -0.05) is 79.4 Å². The average molecular weight is 1290 g/mol. The number of hydrogen-bond donors (Lipinski definition) is 0. The third-order valence-electron chi connectivity index (χ3n) is 17.7. The summed E-state index contributed by atoms with van der Waals surface area (Å²) in [5, 5.41) is 10.4. The van der Waals surface area contributed by atoms with E-state index in [4.69, 9.17) is 0 Å². The van der Waals surface area contributed by atoms with Gasteiger partial charge in [-0.2, -0.15) is 10.2 Å². The van der Waals surface area contributed by atoms with Gasteiger partial charge in [0, 0.05) is 65.3 Å². The number of imide groups is 2. The van der Waals surface area contributed by atoms with E-state index in [0.29, 0.717) is 33.0 Å². The van der Waals surface area contributed by atoms with Crippen molar-refractivity contribution in [2.24, 2.45) is 10.2 Å². The van der Waals surface area contributed by atoms with Crippen LogP contribution in [0.15, 0.2) is 246 Å². The van der Waals surface area contributed by atoms with Crippen molar-refractivity contribution in [3.05, 3.63) is 302 Å². The molecule has 2 aliphatic heterocycles. The first-order chi connectivity index (χ1) is 45.9. The van der Waals surface area contributed by atoms with Crippen LogP contribution in [0.4, 0.5) is 0 Å². The molecule has 0 bridgehead atoms. The van der Waals surface area contributed by atoms with Gasteiger partial charge < -0.3 is 0 Å². The van der Waals surface area contributed by atoms with Crippen molar-refractivity contribution in [1.29, 1.82) is 0 Å². The Kier molecular flexibility index (Phi) is 20.5. The fourth-order valence-electron chi connectivity index (χ4n) is 12.3. The molecular weight excluding hydrogens is 1210 g/mol. The molecule has 0 saturated carbocycles. The number of azo groups is 1. The lowest BCUT2D eigenvalue weighted by atomic mass is 9.79. The van der Waals surface area contributed by atoms with Gasteiger partial charge in [0.2, 0.25) is 0 Å². The van der Waals surface area contributed by atoms with Gasteiger partial charge in [-0.25, -0.2) is 0 Å². The minimum absolute atomic E-state index is 0.0656. The summed E-state index contributed by atoms with van der Waals surface area (Å²) in [6, 6.07) is 25.8. The smallest absolute Gasteiger partial charge is 0.261 e. The zero-order chi connectivity index (χ0) is 70.8. The highest BCUT2D eigenvalue weighted by Crippen LogP contribution is 2.41. The summed E-state index contributed by atoms with van der Waals surface area (Å²) in [6.45, 7) is 26.5. The molecule has 5 aromatic carbocycles. The number of hydrogen-bond acceptors (Lipinski definition) is 12. The van der Waals surface area contributed by atoms with E-state index in [-0.39, 0.29) is 34.7 Å². The van der Waals surface area contributed by atoms with Crippen molar-refractivity contribution < 1.29 is 47.9 Å². The number of fused-ring (bicyclic) bond motifs is 2. The van der Waals surface area contributed by atoms with Crippen molar-refractivity contribution in [3.63, 3.8) is 0 Å². The molecule has 97 heavy (non-hydrogen) atoms. The van der Waals surface area contributed by atoms with E-state index in [9.17, 15) is 47.9 Å². The minimum Gasteiger partial charge on any atom is -0.289 e. The number of nitrogens with zero attached hydrogens (tertiary/aromatic N) is 4. The molecule has 0 fully saturated rings. The number of ketones is 6. The second-order valence-electron chi connectivity index (χ2n) is 24.9. The lowest BCUT2D eigenvalue weighted by Gasteiger charge is -2.29. The highest BCUT2D eigenvalue weighted by atomic mass is 16.2. The predicted octanol–water partition coefficient (Wildman–Crippen LogP) is 14.7. The number of carbonyl (C=O) groups is 10. The molecule has 4 amide bonds. The Hall–Kier alpha value is -11.6. The van der Waals surface area contributed by atoms with Crippen LogP contribution in [0.2, 0.25) is 0 Å². The van der Waals surface area contributed by atoms with Crippen LogP contribution in [0.5, 0.6) is 0 Å². The van der Waals surface area contributed by atoms with E-state index in [1.54, 1.807) is 27.1 Å². The van der Waals surface area contributed by atoms with Gasteiger partial charge >= 0.3 is 0 Å². The molecule has 0 saturated heterocycles. The molecule has 486 valence electrons. The highest BCUT2D eigenvalue weighted by molar-refractivity contribution is 6.33. The molecule has 6 aliphatic carbocycles. The Morgan fingerprint density at radius 3 is 0.948 bits per heavy atom. The van der Waals surface area contributed by atoms with Crippen molar-refractivity contribution in [3.8, 4) is 0 Å². The van der Waals surface area contributed by atoms with Crippen LogP contribution >= 0.6 is 0 Å². The number of amides is 4. The summed E-state index contributed by atoms with van der Waals surface area (Å²) in [7, 11) is 4.44. The fourth-order valence-corrected chi connectivity index (χ4v) is 12.3. The number of benzene rings is 5. The second-order valence-corrected chi connectivity index (χ2v) is 24.9. The van der Waals surface area contributed by atoms with E-state index >= 15 is 0 Å². The number of carbonyl (C=O) groups excluding carboxylic acids is 10. The maximum atomic E-state index is 12.4. The maximum Gasteiger partial charge on any atom is 0.261 e. The van der Waals surface area contributed by atoms with Crippen LogP contribution in [0.3, 0.4) is 0 Å². The van der Waals surface area contributed by atoms with Gasteiger partial charge in [-0.3, -0.25) is 57.7 Å². The van der Waals surface area contributed by atoms with Crippen molar-refractivity contribution in [2.45, 2.75) is 83.1 Å². The van der Waals surface area contributed by atoms with Crippen LogP contribution in [-0.2, 0) is 19.2 Å². The molecule has 8 aliphatic rings. The summed E-state index contributed by atoms with van der Waals surface area (Å²) in [4.78, 5) is 123. The van der Waals surface area contributed by atoms with Crippen LogP contribution in [0.25, 0.3) is 34.6 Å². The topological polar surface area (TPSA) is 202 Å². The number of aryl methyl sites for hydroxylation is 2. The Labute approximate surface area is 564 Å². The van der Waals surface area contributed by atoms with E-state index in [2.05, 4.69) is 54.9 Å². The van der Waals surface area contributed by atoms with Crippen LogP contribution in [-0.4, -0.2) is 89.3 Å². The lowest BCUT2D eigenvalue weighted by molar-refractivity contribution is -0.113. The summed E-state index contributed by atoms with van der Waals surface area (Å²) in [6.07, 6.45) is 24.7.